The number of aliphatic hydroxyl groups is 1. The van der Waals surface area contributed by atoms with Crippen molar-refractivity contribution < 1.29 is 27.8 Å². The normalized spacial score (nSPS) is 26.7. The molecule has 0 radical (unpaired) electrons. The Kier molecular flexibility index (Phi) is 5.93. The van der Waals surface area contributed by atoms with Gasteiger partial charge in [0.05, 0.1) is 18.1 Å². The first kappa shape index (κ1) is 22.6. The van der Waals surface area contributed by atoms with E-state index in [0.717, 1.165) is 23.6 Å². The SMILES string of the molecule is CC1(C)CC(c2cccc(C(F)(F)F)c2)=C(/C=C/[C@H]2C[C@H](O)CC(=O)O2)C(C)(C)C1. The Labute approximate surface area is 175 Å². The third-order valence-corrected chi connectivity index (χ3v) is 5.84. The molecule has 1 N–H and O–H groups in total. The van der Waals surface area contributed by atoms with Gasteiger partial charge in [-0.2, -0.15) is 13.2 Å². The van der Waals surface area contributed by atoms with Gasteiger partial charge in [0, 0.05) is 6.42 Å². The topological polar surface area (TPSA) is 46.5 Å². The van der Waals surface area contributed by atoms with E-state index in [9.17, 15) is 23.1 Å². The number of ether oxygens (including phenoxy) is 1. The molecule has 30 heavy (non-hydrogen) atoms. The third kappa shape index (κ3) is 5.15. The van der Waals surface area contributed by atoms with Crippen molar-refractivity contribution in [3.63, 3.8) is 0 Å². The van der Waals surface area contributed by atoms with E-state index >= 15 is 0 Å². The lowest BCUT2D eigenvalue weighted by molar-refractivity contribution is -0.156. The van der Waals surface area contributed by atoms with E-state index in [4.69, 9.17) is 4.74 Å². The molecule has 0 saturated carbocycles. The highest BCUT2D eigenvalue weighted by Gasteiger charge is 2.39. The van der Waals surface area contributed by atoms with Gasteiger partial charge in [0.2, 0.25) is 0 Å². The maximum atomic E-state index is 13.3. The highest BCUT2D eigenvalue weighted by atomic mass is 19.4. The zero-order chi connectivity index (χ0) is 22.3. The van der Waals surface area contributed by atoms with Crippen molar-refractivity contribution in [2.75, 3.05) is 0 Å². The van der Waals surface area contributed by atoms with Crippen LogP contribution in [0.2, 0.25) is 0 Å². The third-order valence-electron chi connectivity index (χ3n) is 5.84. The summed E-state index contributed by atoms with van der Waals surface area (Å²) in [5.74, 6) is -0.445. The van der Waals surface area contributed by atoms with Crippen LogP contribution in [-0.2, 0) is 15.7 Å². The first-order valence-electron chi connectivity index (χ1n) is 10.2. The molecule has 3 rings (SSSR count). The van der Waals surface area contributed by atoms with Gasteiger partial charge in [-0.3, -0.25) is 4.79 Å². The van der Waals surface area contributed by atoms with Gasteiger partial charge in [-0.05, 0) is 58.6 Å². The summed E-state index contributed by atoms with van der Waals surface area (Å²) < 4.78 is 45.2. The van der Waals surface area contributed by atoms with Gasteiger partial charge >= 0.3 is 12.1 Å². The zero-order valence-corrected chi connectivity index (χ0v) is 17.8. The molecule has 0 bridgehead atoms. The predicted molar refractivity (Wildman–Crippen MR) is 109 cm³/mol. The molecule has 0 aromatic heterocycles. The van der Waals surface area contributed by atoms with Crippen LogP contribution in [0, 0.1) is 10.8 Å². The van der Waals surface area contributed by atoms with Gasteiger partial charge in [0.1, 0.15) is 6.10 Å². The molecule has 1 aromatic carbocycles. The van der Waals surface area contributed by atoms with Crippen molar-refractivity contribution in [2.24, 2.45) is 10.8 Å². The summed E-state index contributed by atoms with van der Waals surface area (Å²) in [6.07, 6.45) is -0.233. The number of carbonyl (C=O) groups excluding carboxylic acids is 1. The standard InChI is InChI=1S/C24H29F3O3/c1-22(2)13-19(15-6-5-7-16(10-15)24(25,26)27)20(23(3,4)14-22)9-8-18-11-17(28)12-21(29)30-18/h5-10,17-18,28H,11-14H2,1-4H3/b9-8+/t17-,18-/m0/s1. The van der Waals surface area contributed by atoms with E-state index in [1.54, 1.807) is 12.1 Å². The monoisotopic (exact) mass is 422 g/mol. The van der Waals surface area contributed by atoms with Gasteiger partial charge in [0.25, 0.3) is 0 Å². The Morgan fingerprint density at radius 1 is 1.20 bits per heavy atom. The van der Waals surface area contributed by atoms with Crippen molar-refractivity contribution in [3.05, 3.63) is 53.1 Å². The lowest BCUT2D eigenvalue weighted by Crippen LogP contribution is -2.32. The number of benzene rings is 1. The van der Waals surface area contributed by atoms with Gasteiger partial charge in [-0.15, -0.1) is 0 Å². The van der Waals surface area contributed by atoms with Crippen LogP contribution in [0.1, 0.15) is 64.5 Å². The molecular weight excluding hydrogens is 393 g/mol. The number of hydrogen-bond donors (Lipinski definition) is 1. The molecule has 6 heteroatoms. The summed E-state index contributed by atoms with van der Waals surface area (Å²) in [7, 11) is 0. The molecule has 0 unspecified atom stereocenters. The zero-order valence-electron chi connectivity index (χ0n) is 17.8. The van der Waals surface area contributed by atoms with Crippen LogP contribution in [0.4, 0.5) is 13.2 Å². The summed E-state index contributed by atoms with van der Waals surface area (Å²) >= 11 is 0. The molecule has 2 atom stereocenters. The van der Waals surface area contributed by atoms with Gasteiger partial charge in [-0.1, -0.05) is 45.9 Å². The van der Waals surface area contributed by atoms with E-state index in [1.165, 1.54) is 12.1 Å². The second-order valence-electron chi connectivity index (χ2n) is 9.85. The van der Waals surface area contributed by atoms with Crippen LogP contribution >= 0.6 is 0 Å². The number of hydrogen-bond acceptors (Lipinski definition) is 3. The van der Waals surface area contributed by atoms with Crippen LogP contribution in [0.15, 0.2) is 42.0 Å². The molecule has 3 nitrogen and oxygen atoms in total. The average Bonchev–Trinajstić information content (AvgIpc) is 2.57. The number of rotatable bonds is 3. The minimum absolute atomic E-state index is 0.0117. The second kappa shape index (κ2) is 7.88. The maximum Gasteiger partial charge on any atom is 0.416 e. The first-order chi connectivity index (χ1) is 13.8. The number of aliphatic hydroxyl groups excluding tert-OH is 1. The Hall–Kier alpha value is -2.08. The van der Waals surface area contributed by atoms with E-state index < -0.39 is 29.9 Å². The van der Waals surface area contributed by atoms with E-state index in [1.807, 2.05) is 6.08 Å². The molecule has 1 aliphatic heterocycles. The Bertz CT molecular complexity index is 878. The summed E-state index contributed by atoms with van der Waals surface area (Å²) in [6.45, 7) is 8.43. The molecule has 1 saturated heterocycles. The van der Waals surface area contributed by atoms with Crippen LogP contribution in [0.3, 0.4) is 0 Å². The highest BCUT2D eigenvalue weighted by Crippen LogP contribution is 2.52. The minimum atomic E-state index is -4.40. The number of allylic oxidation sites excluding steroid dienone is 3. The number of halogens is 3. The van der Waals surface area contributed by atoms with Crippen molar-refractivity contribution >= 4 is 11.5 Å². The summed E-state index contributed by atoms with van der Waals surface area (Å²) in [5.41, 5.74) is 1.36. The largest absolute Gasteiger partial charge is 0.458 e. The van der Waals surface area contributed by atoms with Crippen molar-refractivity contribution in [1.29, 1.82) is 0 Å². The second-order valence-corrected chi connectivity index (χ2v) is 9.85. The molecular formula is C24H29F3O3. The molecule has 0 spiro atoms. The van der Waals surface area contributed by atoms with E-state index in [-0.39, 0.29) is 17.3 Å². The fourth-order valence-corrected chi connectivity index (χ4v) is 4.93. The van der Waals surface area contributed by atoms with Gasteiger partial charge in [0.15, 0.2) is 0 Å². The highest BCUT2D eigenvalue weighted by molar-refractivity contribution is 5.74. The number of alkyl halides is 3. The number of esters is 1. The Morgan fingerprint density at radius 2 is 1.90 bits per heavy atom. The van der Waals surface area contributed by atoms with E-state index in [0.29, 0.717) is 18.4 Å². The lowest BCUT2D eigenvalue weighted by atomic mass is 9.61. The summed E-state index contributed by atoms with van der Waals surface area (Å²) in [4.78, 5) is 11.6. The summed E-state index contributed by atoms with van der Waals surface area (Å²) in [5, 5.41) is 9.84. The quantitative estimate of drug-likeness (QED) is 0.615. The van der Waals surface area contributed by atoms with Crippen LogP contribution < -0.4 is 0 Å². The first-order valence-corrected chi connectivity index (χ1v) is 10.2. The lowest BCUT2D eigenvalue weighted by Gasteiger charge is -2.43. The van der Waals surface area contributed by atoms with Gasteiger partial charge < -0.3 is 9.84 Å². The van der Waals surface area contributed by atoms with Crippen molar-refractivity contribution in [3.8, 4) is 0 Å². The van der Waals surface area contributed by atoms with Crippen molar-refractivity contribution in [2.45, 2.75) is 71.8 Å². The fraction of sp³-hybridized carbons (Fsp3) is 0.542. The molecule has 2 aliphatic rings. The van der Waals surface area contributed by atoms with Crippen LogP contribution in [0.25, 0.3) is 5.57 Å². The molecule has 1 fully saturated rings. The predicted octanol–water partition coefficient (Wildman–Crippen LogP) is 5.93. The fourth-order valence-electron chi connectivity index (χ4n) is 4.93. The molecule has 1 aromatic rings. The molecule has 1 heterocycles. The smallest absolute Gasteiger partial charge is 0.416 e. The Morgan fingerprint density at radius 3 is 2.53 bits per heavy atom. The maximum absolute atomic E-state index is 13.3. The van der Waals surface area contributed by atoms with Crippen molar-refractivity contribution in [1.82, 2.24) is 0 Å². The average molecular weight is 422 g/mol. The number of carbonyl (C=O) groups is 1. The van der Waals surface area contributed by atoms with Crippen LogP contribution in [-0.4, -0.2) is 23.3 Å². The van der Waals surface area contributed by atoms with E-state index in [2.05, 4.69) is 27.7 Å². The van der Waals surface area contributed by atoms with Gasteiger partial charge in [-0.25, -0.2) is 0 Å². The Balaban J connectivity index is 2.07. The molecule has 0 amide bonds. The molecule has 164 valence electrons. The van der Waals surface area contributed by atoms with Crippen LogP contribution in [0.5, 0.6) is 0 Å². The number of cyclic esters (lactones) is 1. The molecule has 1 aliphatic carbocycles. The summed E-state index contributed by atoms with van der Waals surface area (Å²) in [6, 6.07) is 5.47. The minimum Gasteiger partial charge on any atom is -0.458 e.